The topological polar surface area (TPSA) is 26.8 Å². The highest BCUT2D eigenvalue weighted by molar-refractivity contribution is 5.78. The summed E-state index contributed by atoms with van der Waals surface area (Å²) in [7, 11) is 0. The average molecular weight is 364 g/mol. The minimum Gasteiger partial charge on any atom is -0.341 e. The molecule has 4 nitrogen and oxygen atoms in total. The molecule has 4 heteroatoms. The van der Waals surface area contributed by atoms with Gasteiger partial charge in [-0.15, -0.1) is 0 Å². The van der Waals surface area contributed by atoms with E-state index in [9.17, 15) is 4.79 Å². The molecule has 0 aromatic heterocycles. The van der Waals surface area contributed by atoms with Gasteiger partial charge in [0.1, 0.15) is 0 Å². The first-order valence-corrected chi connectivity index (χ1v) is 11.4. The Balaban J connectivity index is 1.46. The van der Waals surface area contributed by atoms with Crippen molar-refractivity contribution in [3.8, 4) is 0 Å². The van der Waals surface area contributed by atoms with E-state index < -0.39 is 0 Å². The van der Waals surface area contributed by atoms with E-state index in [0.717, 1.165) is 32.1 Å². The van der Waals surface area contributed by atoms with Crippen LogP contribution >= 0.6 is 0 Å². The summed E-state index contributed by atoms with van der Waals surface area (Å²) in [6.45, 7) is 12.6. The van der Waals surface area contributed by atoms with Crippen LogP contribution in [0, 0.1) is 11.3 Å². The van der Waals surface area contributed by atoms with Crippen molar-refractivity contribution in [1.29, 1.82) is 0 Å². The monoisotopic (exact) mass is 363 g/mol. The van der Waals surface area contributed by atoms with Crippen LogP contribution in [-0.2, 0) is 4.79 Å². The molecule has 1 atom stereocenters. The van der Waals surface area contributed by atoms with E-state index in [1.807, 2.05) is 0 Å². The summed E-state index contributed by atoms with van der Waals surface area (Å²) >= 11 is 0. The third-order valence-electron chi connectivity index (χ3n) is 7.36. The number of likely N-dealkylation sites (tertiary alicyclic amines) is 2. The minimum atomic E-state index is 0.352. The summed E-state index contributed by atoms with van der Waals surface area (Å²) in [4.78, 5) is 19.8. The normalized spacial score (nSPS) is 28.3. The minimum absolute atomic E-state index is 0.352. The molecule has 1 amide bonds. The summed E-state index contributed by atoms with van der Waals surface area (Å²) in [6, 6.07) is 0. The standard InChI is InChI=1S/C22H41N3O/c1-3-23(4-2)17-21(26)25-16-13-22(19-25)12-8-14-24(18-22)15-11-20-9-6-5-7-10-20/h20H,3-19H2,1-2H3/t22-/m0/s1. The van der Waals surface area contributed by atoms with Gasteiger partial charge in [0.05, 0.1) is 6.54 Å². The quantitative estimate of drug-likeness (QED) is 0.691. The maximum atomic E-state index is 12.7. The highest BCUT2D eigenvalue weighted by Gasteiger charge is 2.42. The lowest BCUT2D eigenvalue weighted by Gasteiger charge is -2.41. The molecule has 2 heterocycles. The lowest BCUT2D eigenvalue weighted by molar-refractivity contribution is -0.131. The first-order valence-electron chi connectivity index (χ1n) is 11.4. The number of nitrogens with zero attached hydrogens (tertiary/aromatic N) is 3. The molecular weight excluding hydrogens is 322 g/mol. The fraction of sp³-hybridized carbons (Fsp3) is 0.955. The number of piperidine rings is 1. The highest BCUT2D eigenvalue weighted by Crippen LogP contribution is 2.39. The van der Waals surface area contributed by atoms with Crippen molar-refractivity contribution in [2.24, 2.45) is 11.3 Å². The lowest BCUT2D eigenvalue weighted by atomic mass is 9.79. The van der Waals surface area contributed by atoms with Gasteiger partial charge < -0.3 is 9.80 Å². The predicted octanol–water partition coefficient (Wildman–Crippen LogP) is 3.61. The van der Waals surface area contributed by atoms with Gasteiger partial charge in [-0.25, -0.2) is 0 Å². The number of carbonyl (C=O) groups excluding carboxylic acids is 1. The van der Waals surface area contributed by atoms with Crippen LogP contribution < -0.4 is 0 Å². The molecule has 150 valence electrons. The third kappa shape index (κ3) is 5.22. The molecule has 3 rings (SSSR count). The van der Waals surface area contributed by atoms with Crippen molar-refractivity contribution in [2.45, 2.75) is 71.6 Å². The molecule has 1 spiro atoms. The van der Waals surface area contributed by atoms with Crippen molar-refractivity contribution in [2.75, 3.05) is 52.4 Å². The average Bonchev–Trinajstić information content (AvgIpc) is 3.08. The Hall–Kier alpha value is -0.610. The zero-order valence-electron chi connectivity index (χ0n) is 17.3. The van der Waals surface area contributed by atoms with Crippen LogP contribution in [0.15, 0.2) is 0 Å². The first kappa shape index (κ1) is 20.1. The second kappa shape index (κ2) is 9.54. The van der Waals surface area contributed by atoms with Crippen molar-refractivity contribution in [3.63, 3.8) is 0 Å². The molecule has 2 saturated heterocycles. The zero-order chi connectivity index (χ0) is 18.4. The number of likely N-dealkylation sites (N-methyl/N-ethyl adjacent to an activating group) is 1. The van der Waals surface area contributed by atoms with E-state index in [1.165, 1.54) is 77.4 Å². The summed E-state index contributed by atoms with van der Waals surface area (Å²) in [5.74, 6) is 1.34. The number of rotatable bonds is 7. The molecule has 1 saturated carbocycles. The van der Waals surface area contributed by atoms with Gasteiger partial charge in [-0.3, -0.25) is 9.69 Å². The van der Waals surface area contributed by atoms with Crippen molar-refractivity contribution < 1.29 is 4.79 Å². The molecule has 0 aromatic rings. The number of carbonyl (C=O) groups is 1. The van der Waals surface area contributed by atoms with Gasteiger partial charge in [0, 0.05) is 25.0 Å². The largest absolute Gasteiger partial charge is 0.341 e. The Morgan fingerprint density at radius 3 is 2.50 bits per heavy atom. The van der Waals surface area contributed by atoms with Gasteiger partial charge >= 0.3 is 0 Å². The summed E-state index contributed by atoms with van der Waals surface area (Å²) in [6.07, 6.45) is 12.6. The maximum absolute atomic E-state index is 12.7. The smallest absolute Gasteiger partial charge is 0.236 e. The molecule has 0 aromatic carbocycles. The van der Waals surface area contributed by atoms with Crippen LogP contribution in [0.5, 0.6) is 0 Å². The van der Waals surface area contributed by atoms with Crippen LogP contribution in [0.1, 0.15) is 71.6 Å². The molecule has 26 heavy (non-hydrogen) atoms. The molecule has 2 aliphatic heterocycles. The zero-order valence-corrected chi connectivity index (χ0v) is 17.3. The number of hydrogen-bond acceptors (Lipinski definition) is 3. The SMILES string of the molecule is CCN(CC)CC(=O)N1CC[C@]2(CCCN(CCC3CCCCC3)C2)C1. The van der Waals surface area contributed by atoms with Gasteiger partial charge in [0.25, 0.3) is 0 Å². The fourth-order valence-electron chi connectivity index (χ4n) is 5.56. The van der Waals surface area contributed by atoms with E-state index in [4.69, 9.17) is 0 Å². The van der Waals surface area contributed by atoms with Gasteiger partial charge in [0.15, 0.2) is 0 Å². The summed E-state index contributed by atoms with van der Waals surface area (Å²) in [5, 5.41) is 0. The van der Waals surface area contributed by atoms with E-state index >= 15 is 0 Å². The maximum Gasteiger partial charge on any atom is 0.236 e. The Bertz CT molecular complexity index is 445. The molecule has 1 aliphatic carbocycles. The second-order valence-corrected chi connectivity index (χ2v) is 9.20. The van der Waals surface area contributed by atoms with E-state index in [-0.39, 0.29) is 0 Å². The summed E-state index contributed by atoms with van der Waals surface area (Å²) < 4.78 is 0. The molecule has 3 fully saturated rings. The summed E-state index contributed by atoms with van der Waals surface area (Å²) in [5.41, 5.74) is 0.393. The van der Waals surface area contributed by atoms with Gasteiger partial charge in [-0.1, -0.05) is 46.0 Å². The highest BCUT2D eigenvalue weighted by atomic mass is 16.2. The van der Waals surface area contributed by atoms with Crippen LogP contribution in [0.2, 0.25) is 0 Å². The second-order valence-electron chi connectivity index (χ2n) is 9.20. The van der Waals surface area contributed by atoms with E-state index in [2.05, 4.69) is 28.5 Å². The van der Waals surface area contributed by atoms with Gasteiger partial charge in [-0.2, -0.15) is 0 Å². The van der Waals surface area contributed by atoms with Crippen LogP contribution in [0.25, 0.3) is 0 Å². The van der Waals surface area contributed by atoms with E-state index in [1.54, 1.807) is 0 Å². The van der Waals surface area contributed by atoms with E-state index in [0.29, 0.717) is 17.9 Å². The molecule has 3 aliphatic rings. The first-order chi connectivity index (χ1) is 12.6. The van der Waals surface area contributed by atoms with Crippen molar-refractivity contribution in [3.05, 3.63) is 0 Å². The third-order valence-corrected chi connectivity index (χ3v) is 7.36. The van der Waals surface area contributed by atoms with Crippen LogP contribution in [0.4, 0.5) is 0 Å². The lowest BCUT2D eigenvalue weighted by Crippen LogP contribution is -2.46. The van der Waals surface area contributed by atoms with Gasteiger partial charge in [0.2, 0.25) is 5.91 Å². The molecule has 0 radical (unpaired) electrons. The van der Waals surface area contributed by atoms with Crippen molar-refractivity contribution >= 4 is 5.91 Å². The predicted molar refractivity (Wildman–Crippen MR) is 108 cm³/mol. The molecule has 0 bridgehead atoms. The van der Waals surface area contributed by atoms with Gasteiger partial charge in [-0.05, 0) is 57.8 Å². The molecule has 0 unspecified atom stereocenters. The van der Waals surface area contributed by atoms with Crippen LogP contribution in [0.3, 0.4) is 0 Å². The number of amides is 1. The van der Waals surface area contributed by atoms with Crippen LogP contribution in [-0.4, -0.2) is 73.0 Å². The molecular formula is C22H41N3O. The molecule has 0 N–H and O–H groups in total. The Kier molecular flexibility index (Phi) is 7.39. The Labute approximate surface area is 161 Å². The Morgan fingerprint density at radius 2 is 1.77 bits per heavy atom. The van der Waals surface area contributed by atoms with Crippen molar-refractivity contribution in [1.82, 2.24) is 14.7 Å². The number of hydrogen-bond donors (Lipinski definition) is 0. The fourth-order valence-corrected chi connectivity index (χ4v) is 5.56. The Morgan fingerprint density at radius 1 is 1.00 bits per heavy atom.